The van der Waals surface area contributed by atoms with Crippen LogP contribution in [0.1, 0.15) is 39.2 Å². The van der Waals surface area contributed by atoms with Crippen LogP contribution in [0.15, 0.2) is 30.3 Å². The fourth-order valence-corrected chi connectivity index (χ4v) is 3.02. The van der Waals surface area contributed by atoms with Crippen molar-refractivity contribution in [1.29, 1.82) is 0 Å². The van der Waals surface area contributed by atoms with Crippen LogP contribution in [0.25, 0.3) is 0 Å². The second-order valence-electron chi connectivity index (χ2n) is 7.64. The van der Waals surface area contributed by atoms with Crippen LogP contribution in [0, 0.1) is 0 Å². The van der Waals surface area contributed by atoms with Gasteiger partial charge in [-0.05, 0) is 39.2 Å². The standard InChI is InChI=1S/C20H29FN2O4/c1-20(2,3)27-18(24)22-12-7-10-17(14-22)23(13-11-21)19(25)26-15-16-8-5-4-6-9-16/h4-6,8-9,17H,7,10-15H2,1-3H3. The van der Waals surface area contributed by atoms with E-state index in [-0.39, 0.29) is 19.2 Å². The summed E-state index contributed by atoms with van der Waals surface area (Å²) in [4.78, 5) is 27.8. The minimum Gasteiger partial charge on any atom is -0.445 e. The first-order valence-corrected chi connectivity index (χ1v) is 9.31. The Bertz CT molecular complexity index is 618. The van der Waals surface area contributed by atoms with Crippen molar-refractivity contribution in [2.24, 2.45) is 0 Å². The number of likely N-dealkylation sites (tertiary alicyclic amines) is 1. The summed E-state index contributed by atoms with van der Waals surface area (Å²) in [6, 6.07) is 9.04. The van der Waals surface area contributed by atoms with Crippen molar-refractivity contribution in [3.05, 3.63) is 35.9 Å². The van der Waals surface area contributed by atoms with Gasteiger partial charge in [0.25, 0.3) is 0 Å². The number of benzene rings is 1. The maximum absolute atomic E-state index is 13.0. The molecule has 0 aliphatic carbocycles. The number of piperidine rings is 1. The Morgan fingerprint density at radius 1 is 1.26 bits per heavy atom. The summed E-state index contributed by atoms with van der Waals surface area (Å²) in [5, 5.41) is 0. The molecule has 1 aromatic rings. The maximum atomic E-state index is 13.0. The van der Waals surface area contributed by atoms with E-state index in [2.05, 4.69) is 0 Å². The first kappa shape index (κ1) is 21.0. The molecule has 1 unspecified atom stereocenters. The minimum absolute atomic E-state index is 0.0551. The van der Waals surface area contributed by atoms with Gasteiger partial charge in [0.1, 0.15) is 18.9 Å². The number of carbonyl (C=O) groups excluding carboxylic acids is 2. The lowest BCUT2D eigenvalue weighted by Gasteiger charge is -2.38. The van der Waals surface area contributed by atoms with Gasteiger partial charge >= 0.3 is 12.2 Å². The van der Waals surface area contributed by atoms with Gasteiger partial charge < -0.3 is 19.3 Å². The molecule has 1 fully saturated rings. The van der Waals surface area contributed by atoms with E-state index in [4.69, 9.17) is 9.47 Å². The van der Waals surface area contributed by atoms with Crippen molar-refractivity contribution in [2.45, 2.75) is 51.9 Å². The van der Waals surface area contributed by atoms with Gasteiger partial charge in [-0.1, -0.05) is 30.3 Å². The molecule has 0 bridgehead atoms. The summed E-state index contributed by atoms with van der Waals surface area (Å²) in [6.07, 6.45) is 0.441. The number of hydrogen-bond acceptors (Lipinski definition) is 4. The predicted molar refractivity (Wildman–Crippen MR) is 100 cm³/mol. The Kier molecular flexibility index (Phi) is 7.45. The van der Waals surface area contributed by atoms with Crippen molar-refractivity contribution in [3.63, 3.8) is 0 Å². The lowest BCUT2D eigenvalue weighted by molar-refractivity contribution is 0.00802. The molecule has 1 atom stereocenters. The van der Waals surface area contributed by atoms with Crippen LogP contribution in [-0.2, 0) is 16.1 Å². The van der Waals surface area contributed by atoms with Crippen LogP contribution in [0.3, 0.4) is 0 Å². The summed E-state index contributed by atoms with van der Waals surface area (Å²) in [5.74, 6) is 0. The van der Waals surface area contributed by atoms with E-state index < -0.39 is 24.5 Å². The normalized spacial score (nSPS) is 17.3. The summed E-state index contributed by atoms with van der Waals surface area (Å²) < 4.78 is 23.8. The van der Waals surface area contributed by atoms with Crippen molar-refractivity contribution in [3.8, 4) is 0 Å². The van der Waals surface area contributed by atoms with E-state index >= 15 is 0 Å². The second-order valence-corrected chi connectivity index (χ2v) is 7.64. The van der Waals surface area contributed by atoms with Gasteiger partial charge in [0.2, 0.25) is 0 Å². The molecular weight excluding hydrogens is 351 g/mol. The predicted octanol–water partition coefficient (Wildman–Crippen LogP) is 3.99. The van der Waals surface area contributed by atoms with Crippen molar-refractivity contribution in [1.82, 2.24) is 9.80 Å². The Labute approximate surface area is 160 Å². The maximum Gasteiger partial charge on any atom is 0.410 e. The third kappa shape index (κ3) is 6.73. The van der Waals surface area contributed by atoms with E-state index in [1.165, 1.54) is 4.90 Å². The van der Waals surface area contributed by atoms with Crippen LogP contribution in [0.5, 0.6) is 0 Å². The van der Waals surface area contributed by atoms with E-state index in [1.54, 1.807) is 4.90 Å². The van der Waals surface area contributed by atoms with Gasteiger partial charge in [0.05, 0.1) is 12.6 Å². The highest BCUT2D eigenvalue weighted by atomic mass is 19.1. The first-order valence-electron chi connectivity index (χ1n) is 9.31. The second kappa shape index (κ2) is 9.58. The zero-order chi connectivity index (χ0) is 19.9. The Morgan fingerprint density at radius 3 is 2.59 bits per heavy atom. The number of rotatable bonds is 5. The molecule has 1 aliphatic rings. The van der Waals surface area contributed by atoms with E-state index in [0.29, 0.717) is 19.5 Å². The van der Waals surface area contributed by atoms with E-state index in [9.17, 15) is 14.0 Å². The largest absolute Gasteiger partial charge is 0.445 e. The van der Waals surface area contributed by atoms with Crippen molar-refractivity contribution < 1.29 is 23.5 Å². The average molecular weight is 380 g/mol. The number of halogens is 1. The SMILES string of the molecule is CC(C)(C)OC(=O)N1CCCC(N(CCF)C(=O)OCc2ccccc2)C1. The third-order valence-electron chi connectivity index (χ3n) is 4.25. The Hall–Kier alpha value is -2.31. The molecule has 0 aromatic heterocycles. The molecule has 0 spiro atoms. The fraction of sp³-hybridized carbons (Fsp3) is 0.600. The quantitative estimate of drug-likeness (QED) is 0.775. The molecule has 2 amide bonds. The van der Waals surface area contributed by atoms with Crippen LogP contribution in [-0.4, -0.2) is 59.9 Å². The molecule has 6 nitrogen and oxygen atoms in total. The molecule has 1 aliphatic heterocycles. The molecule has 2 rings (SSSR count). The number of ether oxygens (including phenoxy) is 2. The van der Waals surface area contributed by atoms with Gasteiger partial charge in [-0.3, -0.25) is 0 Å². The van der Waals surface area contributed by atoms with Gasteiger partial charge in [-0.15, -0.1) is 0 Å². The topological polar surface area (TPSA) is 59.1 Å². The van der Waals surface area contributed by atoms with Crippen LogP contribution in [0.2, 0.25) is 0 Å². The highest BCUT2D eigenvalue weighted by Gasteiger charge is 2.33. The Morgan fingerprint density at radius 2 is 1.96 bits per heavy atom. The fourth-order valence-electron chi connectivity index (χ4n) is 3.02. The summed E-state index contributed by atoms with van der Waals surface area (Å²) in [6.45, 7) is 5.71. The smallest absolute Gasteiger partial charge is 0.410 e. The zero-order valence-electron chi connectivity index (χ0n) is 16.3. The van der Waals surface area contributed by atoms with E-state index in [0.717, 1.165) is 12.0 Å². The molecule has 1 aromatic carbocycles. The zero-order valence-corrected chi connectivity index (χ0v) is 16.3. The minimum atomic E-state index is -0.663. The molecule has 27 heavy (non-hydrogen) atoms. The number of alkyl halides is 1. The molecule has 1 saturated heterocycles. The summed E-state index contributed by atoms with van der Waals surface area (Å²) >= 11 is 0. The highest BCUT2D eigenvalue weighted by Crippen LogP contribution is 2.20. The lowest BCUT2D eigenvalue weighted by Crippen LogP contribution is -2.53. The Balaban J connectivity index is 1.97. The monoisotopic (exact) mass is 380 g/mol. The molecule has 150 valence electrons. The summed E-state index contributed by atoms with van der Waals surface area (Å²) in [5.41, 5.74) is 0.280. The number of hydrogen-bond donors (Lipinski definition) is 0. The van der Waals surface area contributed by atoms with Crippen molar-refractivity contribution >= 4 is 12.2 Å². The number of carbonyl (C=O) groups is 2. The molecule has 0 saturated carbocycles. The summed E-state index contributed by atoms with van der Waals surface area (Å²) in [7, 11) is 0. The van der Waals surface area contributed by atoms with Crippen molar-refractivity contribution in [2.75, 3.05) is 26.3 Å². The van der Waals surface area contributed by atoms with Gasteiger partial charge in [-0.25, -0.2) is 14.0 Å². The average Bonchev–Trinajstić information content (AvgIpc) is 2.64. The van der Waals surface area contributed by atoms with Crippen LogP contribution in [0.4, 0.5) is 14.0 Å². The first-order chi connectivity index (χ1) is 12.8. The van der Waals surface area contributed by atoms with Gasteiger partial charge in [0.15, 0.2) is 0 Å². The highest BCUT2D eigenvalue weighted by molar-refractivity contribution is 5.70. The van der Waals surface area contributed by atoms with Gasteiger partial charge in [0, 0.05) is 13.1 Å². The molecule has 7 heteroatoms. The molecule has 0 N–H and O–H groups in total. The molecule has 1 heterocycles. The number of nitrogens with zero attached hydrogens (tertiary/aromatic N) is 2. The number of amides is 2. The van der Waals surface area contributed by atoms with Gasteiger partial charge in [-0.2, -0.15) is 0 Å². The lowest BCUT2D eigenvalue weighted by atomic mass is 10.0. The third-order valence-corrected chi connectivity index (χ3v) is 4.25. The van der Waals surface area contributed by atoms with E-state index in [1.807, 2.05) is 51.1 Å². The molecular formula is C20H29FN2O4. The molecule has 0 radical (unpaired) electrons. The van der Waals surface area contributed by atoms with Crippen LogP contribution < -0.4 is 0 Å². The van der Waals surface area contributed by atoms with Crippen LogP contribution >= 0.6 is 0 Å².